The first-order valence-electron chi connectivity index (χ1n) is 32.6. The normalized spacial score (nSPS) is 18.3. The molecule has 0 aliphatic carbocycles. The van der Waals surface area contributed by atoms with E-state index in [4.69, 9.17) is 23.7 Å². The van der Waals surface area contributed by atoms with E-state index < -0.39 is 67.3 Å². The number of allylic oxidation sites excluding steroid dienone is 13. The summed E-state index contributed by atoms with van der Waals surface area (Å²) in [6, 6.07) is 0. The van der Waals surface area contributed by atoms with Crippen LogP contribution in [0.2, 0.25) is 0 Å². The molecule has 0 aromatic carbocycles. The lowest BCUT2D eigenvalue weighted by Crippen LogP contribution is -2.61. The Bertz CT molecular complexity index is 1730. The van der Waals surface area contributed by atoms with Crippen molar-refractivity contribution in [1.29, 1.82) is 0 Å². The van der Waals surface area contributed by atoms with Gasteiger partial charge < -0.3 is 39.0 Å². The minimum absolute atomic E-state index is 0.0394. The van der Waals surface area contributed by atoms with Gasteiger partial charge in [-0.1, -0.05) is 266 Å². The molecule has 0 amide bonds. The third-order valence-corrected chi connectivity index (χ3v) is 14.5. The van der Waals surface area contributed by atoms with Crippen molar-refractivity contribution in [3.8, 4) is 0 Å². The van der Waals surface area contributed by atoms with Gasteiger partial charge in [0.05, 0.1) is 13.0 Å². The van der Waals surface area contributed by atoms with Crippen molar-refractivity contribution in [1.82, 2.24) is 0 Å². The standard InChI is InChI=1S/C69H116O12/c1-4-7-10-13-16-19-22-25-28-30-31-33-35-37-40-43-46-49-52-55-61(70)77-58-60(79-62(71)56-53-50-47-44-41-38-34-27-24-21-18-15-12-9-6-3)59-78-69-67(65(74)64(73)66(81-69)68(75)76)80-63(72)57-54-51-48-45-42-39-36-32-29-26-23-20-17-14-11-8-5-2/h9,12,17-18,20-21,26-27,29,34,41,44,50,53,60,64-67,69,73-74H,4-8,10-11,13-16,19,22-25,28,30-33,35-40,42-43,45-49,51-52,54-59H2,1-3H3,(H,75,76)/b12-9-,20-17-,21-18-,29-26-,34-27-,44-41-,53-50-. The first-order valence-corrected chi connectivity index (χ1v) is 32.6. The van der Waals surface area contributed by atoms with Crippen molar-refractivity contribution in [3.63, 3.8) is 0 Å². The van der Waals surface area contributed by atoms with Crippen LogP contribution in [-0.4, -0.2) is 89.2 Å². The molecule has 1 saturated heterocycles. The summed E-state index contributed by atoms with van der Waals surface area (Å²) in [4.78, 5) is 51.2. The molecule has 6 atom stereocenters. The molecule has 0 aromatic rings. The second-order valence-corrected chi connectivity index (χ2v) is 22.0. The topological polar surface area (TPSA) is 175 Å². The maximum absolute atomic E-state index is 13.1. The highest BCUT2D eigenvalue weighted by atomic mass is 16.7. The van der Waals surface area contributed by atoms with E-state index in [9.17, 15) is 34.5 Å². The largest absolute Gasteiger partial charge is 0.479 e. The molecule has 464 valence electrons. The summed E-state index contributed by atoms with van der Waals surface area (Å²) in [5.41, 5.74) is 0. The molecule has 0 aromatic heterocycles. The zero-order valence-corrected chi connectivity index (χ0v) is 51.3. The van der Waals surface area contributed by atoms with E-state index in [1.807, 2.05) is 12.2 Å². The van der Waals surface area contributed by atoms with Gasteiger partial charge in [-0.2, -0.15) is 0 Å². The molecule has 12 heteroatoms. The van der Waals surface area contributed by atoms with Crippen LogP contribution in [0, 0.1) is 0 Å². The van der Waals surface area contributed by atoms with Crippen molar-refractivity contribution in [2.75, 3.05) is 13.2 Å². The molecule has 6 unspecified atom stereocenters. The molecule has 1 aliphatic rings. The number of unbranched alkanes of at least 4 members (excludes halogenated alkanes) is 28. The maximum Gasteiger partial charge on any atom is 0.335 e. The van der Waals surface area contributed by atoms with Crippen LogP contribution in [0.1, 0.15) is 278 Å². The van der Waals surface area contributed by atoms with E-state index in [-0.39, 0.29) is 25.9 Å². The first-order chi connectivity index (χ1) is 39.6. The molecule has 1 rings (SSSR count). The van der Waals surface area contributed by atoms with Crippen LogP contribution >= 0.6 is 0 Å². The average molecular weight is 1140 g/mol. The van der Waals surface area contributed by atoms with Crippen LogP contribution in [0.15, 0.2) is 85.1 Å². The van der Waals surface area contributed by atoms with Crippen LogP contribution in [0.4, 0.5) is 0 Å². The number of hydrogen-bond acceptors (Lipinski definition) is 11. The van der Waals surface area contributed by atoms with Crippen molar-refractivity contribution >= 4 is 23.9 Å². The fourth-order valence-electron chi connectivity index (χ4n) is 9.53. The predicted molar refractivity (Wildman–Crippen MR) is 331 cm³/mol. The number of aliphatic hydroxyl groups excluding tert-OH is 2. The lowest BCUT2D eigenvalue weighted by Gasteiger charge is -2.40. The number of carboxylic acid groups (broad SMARTS) is 1. The Hall–Kier alpha value is -4.10. The summed E-state index contributed by atoms with van der Waals surface area (Å²) in [5, 5.41) is 31.6. The van der Waals surface area contributed by atoms with Crippen molar-refractivity contribution in [2.45, 2.75) is 314 Å². The first kappa shape index (κ1) is 74.9. The molecule has 1 heterocycles. The van der Waals surface area contributed by atoms with E-state index in [0.29, 0.717) is 19.3 Å². The second-order valence-electron chi connectivity index (χ2n) is 22.0. The van der Waals surface area contributed by atoms with Gasteiger partial charge in [0.1, 0.15) is 18.8 Å². The van der Waals surface area contributed by atoms with Crippen LogP contribution < -0.4 is 0 Å². The molecule has 0 saturated carbocycles. The lowest BCUT2D eigenvalue weighted by atomic mass is 9.98. The summed E-state index contributed by atoms with van der Waals surface area (Å²) in [7, 11) is 0. The van der Waals surface area contributed by atoms with Crippen LogP contribution in [0.5, 0.6) is 0 Å². The summed E-state index contributed by atoms with van der Waals surface area (Å²) in [6.07, 6.45) is 61.5. The molecular formula is C69H116O12. The van der Waals surface area contributed by atoms with E-state index >= 15 is 0 Å². The quantitative estimate of drug-likeness (QED) is 0.0228. The Balaban J connectivity index is 2.69. The van der Waals surface area contributed by atoms with E-state index in [1.165, 1.54) is 116 Å². The fourth-order valence-corrected chi connectivity index (χ4v) is 9.53. The highest BCUT2D eigenvalue weighted by Gasteiger charge is 2.50. The lowest BCUT2D eigenvalue weighted by molar-refractivity contribution is -0.301. The average Bonchev–Trinajstić information content (AvgIpc) is 3.53. The van der Waals surface area contributed by atoms with Gasteiger partial charge in [-0.05, 0) is 77.0 Å². The third kappa shape index (κ3) is 46.0. The number of aliphatic carboxylic acids is 1. The van der Waals surface area contributed by atoms with Gasteiger partial charge in [-0.25, -0.2) is 4.79 Å². The number of rotatable bonds is 55. The Labute approximate surface area is 492 Å². The Morgan fingerprint density at radius 1 is 0.432 bits per heavy atom. The number of carbonyl (C=O) groups is 4. The highest BCUT2D eigenvalue weighted by molar-refractivity contribution is 5.74. The number of hydrogen-bond donors (Lipinski definition) is 3. The zero-order valence-electron chi connectivity index (χ0n) is 51.3. The van der Waals surface area contributed by atoms with E-state index in [0.717, 1.165) is 103 Å². The third-order valence-electron chi connectivity index (χ3n) is 14.5. The molecule has 12 nitrogen and oxygen atoms in total. The number of carbonyl (C=O) groups excluding carboxylic acids is 3. The van der Waals surface area contributed by atoms with Crippen LogP contribution in [0.25, 0.3) is 0 Å². The summed E-state index contributed by atoms with van der Waals surface area (Å²) in [5.74, 6) is -3.29. The number of ether oxygens (including phenoxy) is 5. The summed E-state index contributed by atoms with van der Waals surface area (Å²) < 4.78 is 28.4. The minimum Gasteiger partial charge on any atom is -0.479 e. The zero-order chi connectivity index (χ0) is 58.9. The van der Waals surface area contributed by atoms with Gasteiger partial charge in [-0.15, -0.1) is 0 Å². The van der Waals surface area contributed by atoms with Gasteiger partial charge in [0.15, 0.2) is 24.6 Å². The highest BCUT2D eigenvalue weighted by Crippen LogP contribution is 2.26. The monoisotopic (exact) mass is 1140 g/mol. The molecular weight excluding hydrogens is 1020 g/mol. The van der Waals surface area contributed by atoms with Crippen molar-refractivity contribution in [3.05, 3.63) is 85.1 Å². The molecule has 3 N–H and O–H groups in total. The van der Waals surface area contributed by atoms with Gasteiger partial charge in [0.2, 0.25) is 0 Å². The van der Waals surface area contributed by atoms with Gasteiger partial charge in [0.25, 0.3) is 0 Å². The van der Waals surface area contributed by atoms with Crippen LogP contribution in [-0.2, 0) is 42.9 Å². The molecule has 0 radical (unpaired) electrons. The smallest absolute Gasteiger partial charge is 0.335 e. The molecule has 0 bridgehead atoms. The van der Waals surface area contributed by atoms with Gasteiger partial charge in [0, 0.05) is 12.8 Å². The Morgan fingerprint density at radius 3 is 1.27 bits per heavy atom. The van der Waals surface area contributed by atoms with Gasteiger partial charge >= 0.3 is 23.9 Å². The summed E-state index contributed by atoms with van der Waals surface area (Å²) in [6.45, 7) is 5.80. The molecule has 0 spiro atoms. The molecule has 1 fully saturated rings. The SMILES string of the molecule is CC/C=C\C/C=C\C/C=C\C/C=C\C/C=C\CC(=O)OC(COC(=O)CCCCCCCCCCCCCCCCCCCCC)COC1OC(C(=O)O)C(O)C(O)C1OC(=O)CCCCCCCCC/C=C\C/C=C\CCCCC. The fraction of sp³-hybridized carbons (Fsp3) is 0.739. The number of aliphatic hydroxyl groups is 2. The van der Waals surface area contributed by atoms with Crippen molar-refractivity contribution in [2.24, 2.45) is 0 Å². The van der Waals surface area contributed by atoms with E-state index in [2.05, 4.69) is 87.6 Å². The Kier molecular flexibility index (Phi) is 52.1. The van der Waals surface area contributed by atoms with E-state index in [1.54, 1.807) is 6.08 Å². The molecule has 81 heavy (non-hydrogen) atoms. The maximum atomic E-state index is 13.1. The molecule has 1 aliphatic heterocycles. The Morgan fingerprint density at radius 2 is 0.815 bits per heavy atom. The van der Waals surface area contributed by atoms with Crippen LogP contribution in [0.3, 0.4) is 0 Å². The van der Waals surface area contributed by atoms with Gasteiger partial charge in [-0.3, -0.25) is 14.4 Å². The van der Waals surface area contributed by atoms with Crippen molar-refractivity contribution < 1.29 is 58.2 Å². The number of carboxylic acids is 1. The number of esters is 3. The predicted octanol–water partition coefficient (Wildman–Crippen LogP) is 17.5. The second kappa shape index (κ2) is 56.4. The summed E-state index contributed by atoms with van der Waals surface area (Å²) >= 11 is 0. The minimum atomic E-state index is -1.92.